The van der Waals surface area contributed by atoms with Crippen LogP contribution in [0.15, 0.2) is 24.4 Å². The predicted octanol–water partition coefficient (Wildman–Crippen LogP) is 1.73. The molecule has 0 bridgehead atoms. The zero-order chi connectivity index (χ0) is 14.5. The second kappa shape index (κ2) is 6.18. The molecule has 0 saturated heterocycles. The lowest BCUT2D eigenvalue weighted by Gasteiger charge is -2.03. The molecule has 6 nitrogen and oxygen atoms in total. The van der Waals surface area contributed by atoms with Crippen molar-refractivity contribution in [1.82, 2.24) is 14.8 Å². The Morgan fingerprint density at radius 3 is 2.95 bits per heavy atom. The molecule has 6 heteroatoms. The molecular weight excluding hydrogens is 258 g/mol. The summed E-state index contributed by atoms with van der Waals surface area (Å²) in [5.74, 6) is -0.0330. The van der Waals surface area contributed by atoms with Crippen LogP contribution in [0.2, 0.25) is 0 Å². The van der Waals surface area contributed by atoms with Crippen molar-refractivity contribution in [2.24, 2.45) is 7.05 Å². The van der Waals surface area contributed by atoms with Gasteiger partial charge >= 0.3 is 5.97 Å². The molecule has 0 fully saturated rings. The van der Waals surface area contributed by atoms with Gasteiger partial charge in [0.1, 0.15) is 0 Å². The van der Waals surface area contributed by atoms with Crippen molar-refractivity contribution in [3.8, 4) is 17.3 Å². The molecule has 20 heavy (non-hydrogen) atoms. The number of pyridine rings is 1. The Hall–Kier alpha value is -2.37. The average molecular weight is 275 g/mol. The van der Waals surface area contributed by atoms with Gasteiger partial charge in [0.25, 0.3) is 0 Å². The first-order chi connectivity index (χ1) is 9.61. The first-order valence-electron chi connectivity index (χ1n) is 6.36. The Bertz CT molecular complexity index is 607. The van der Waals surface area contributed by atoms with E-state index in [-0.39, 0.29) is 6.61 Å². The van der Waals surface area contributed by atoms with Crippen molar-refractivity contribution in [2.75, 3.05) is 13.2 Å². The van der Waals surface area contributed by atoms with Crippen molar-refractivity contribution in [1.29, 1.82) is 0 Å². The van der Waals surface area contributed by atoms with E-state index >= 15 is 0 Å². The molecule has 0 aliphatic carbocycles. The maximum Gasteiger partial charge on any atom is 0.344 e. The molecule has 106 valence electrons. The van der Waals surface area contributed by atoms with E-state index in [0.717, 1.165) is 17.0 Å². The number of carbonyl (C=O) groups excluding carboxylic acids is 1. The van der Waals surface area contributed by atoms with Crippen LogP contribution in [0.4, 0.5) is 0 Å². The second-order valence-corrected chi connectivity index (χ2v) is 4.25. The molecule has 0 N–H and O–H groups in total. The second-order valence-electron chi connectivity index (χ2n) is 4.25. The van der Waals surface area contributed by atoms with Crippen molar-refractivity contribution in [3.05, 3.63) is 30.0 Å². The van der Waals surface area contributed by atoms with E-state index in [2.05, 4.69) is 10.1 Å². The summed E-state index contributed by atoms with van der Waals surface area (Å²) in [6.07, 6.45) is 1.73. The molecule has 0 unspecified atom stereocenters. The molecule has 0 spiro atoms. The van der Waals surface area contributed by atoms with Crippen molar-refractivity contribution >= 4 is 5.97 Å². The fourth-order valence-corrected chi connectivity index (χ4v) is 1.82. The summed E-state index contributed by atoms with van der Waals surface area (Å²) in [6.45, 7) is 3.92. The van der Waals surface area contributed by atoms with E-state index in [1.165, 1.54) is 0 Å². The minimum atomic E-state index is -0.409. The number of hydrogen-bond acceptors (Lipinski definition) is 5. The standard InChI is InChI=1S/C14H17N3O3/c1-4-19-13(18)9-20-12-8-11(17(3)16-12)14-10(2)6-5-7-15-14/h5-8H,4,9H2,1-3H3. The topological polar surface area (TPSA) is 66.2 Å². The van der Waals surface area contributed by atoms with Crippen LogP contribution in [-0.4, -0.2) is 33.9 Å². The van der Waals surface area contributed by atoms with Crippen LogP contribution in [0.25, 0.3) is 11.4 Å². The van der Waals surface area contributed by atoms with E-state index in [1.54, 1.807) is 30.9 Å². The maximum absolute atomic E-state index is 11.2. The monoisotopic (exact) mass is 275 g/mol. The number of nitrogens with zero attached hydrogens (tertiary/aromatic N) is 3. The lowest BCUT2D eigenvalue weighted by molar-refractivity contribution is -0.145. The number of aryl methyl sites for hydroxylation is 2. The molecule has 2 rings (SSSR count). The Morgan fingerprint density at radius 2 is 2.25 bits per heavy atom. The number of aromatic nitrogens is 3. The lowest BCUT2D eigenvalue weighted by Crippen LogP contribution is -2.14. The van der Waals surface area contributed by atoms with Crippen LogP contribution in [0.3, 0.4) is 0 Å². The van der Waals surface area contributed by atoms with Gasteiger partial charge in [-0.3, -0.25) is 9.67 Å². The normalized spacial score (nSPS) is 10.3. The molecule has 0 aliphatic heterocycles. The van der Waals surface area contributed by atoms with Crippen LogP contribution in [-0.2, 0) is 16.6 Å². The van der Waals surface area contributed by atoms with Crippen LogP contribution >= 0.6 is 0 Å². The van der Waals surface area contributed by atoms with Crippen molar-refractivity contribution in [3.63, 3.8) is 0 Å². The summed E-state index contributed by atoms with van der Waals surface area (Å²) >= 11 is 0. The summed E-state index contributed by atoms with van der Waals surface area (Å²) in [5.41, 5.74) is 2.72. The number of esters is 1. The largest absolute Gasteiger partial charge is 0.465 e. The summed E-state index contributed by atoms with van der Waals surface area (Å²) in [6, 6.07) is 5.62. The van der Waals surface area contributed by atoms with Gasteiger partial charge in [0, 0.05) is 19.3 Å². The molecule has 0 amide bonds. The Balaban J connectivity index is 2.14. The summed E-state index contributed by atoms with van der Waals surface area (Å²) in [4.78, 5) is 15.6. The van der Waals surface area contributed by atoms with E-state index in [0.29, 0.717) is 12.5 Å². The van der Waals surface area contributed by atoms with Crippen molar-refractivity contribution < 1.29 is 14.3 Å². The summed E-state index contributed by atoms with van der Waals surface area (Å²) < 4.78 is 11.8. The quantitative estimate of drug-likeness (QED) is 0.777. The first-order valence-corrected chi connectivity index (χ1v) is 6.36. The number of ether oxygens (including phenoxy) is 2. The van der Waals surface area contributed by atoms with E-state index in [9.17, 15) is 4.79 Å². The Kier molecular flexibility index (Phi) is 4.34. The zero-order valence-corrected chi connectivity index (χ0v) is 11.8. The zero-order valence-electron chi connectivity index (χ0n) is 11.8. The van der Waals surface area contributed by atoms with Gasteiger partial charge in [-0.25, -0.2) is 4.79 Å². The van der Waals surface area contributed by atoms with E-state index in [1.807, 2.05) is 19.1 Å². The lowest BCUT2D eigenvalue weighted by atomic mass is 10.2. The predicted molar refractivity (Wildman–Crippen MR) is 73.3 cm³/mol. The average Bonchev–Trinajstić information content (AvgIpc) is 2.79. The van der Waals surface area contributed by atoms with Gasteiger partial charge in [0.05, 0.1) is 18.0 Å². The molecular formula is C14H17N3O3. The molecule has 2 heterocycles. The highest BCUT2D eigenvalue weighted by Gasteiger charge is 2.12. The van der Waals surface area contributed by atoms with Gasteiger partial charge in [-0.15, -0.1) is 5.10 Å². The summed E-state index contributed by atoms with van der Waals surface area (Å²) in [5, 5.41) is 4.21. The van der Waals surface area contributed by atoms with Crippen LogP contribution in [0, 0.1) is 6.92 Å². The molecule has 0 aromatic carbocycles. The molecule has 2 aromatic rings. The fourth-order valence-electron chi connectivity index (χ4n) is 1.82. The van der Waals surface area contributed by atoms with Gasteiger partial charge in [0.2, 0.25) is 5.88 Å². The highest BCUT2D eigenvalue weighted by atomic mass is 16.6. The van der Waals surface area contributed by atoms with E-state index < -0.39 is 5.97 Å². The molecule has 0 aliphatic rings. The minimum absolute atomic E-state index is 0.147. The Labute approximate surface area is 117 Å². The highest BCUT2D eigenvalue weighted by Crippen LogP contribution is 2.23. The maximum atomic E-state index is 11.2. The van der Waals surface area contributed by atoms with Gasteiger partial charge in [-0.2, -0.15) is 0 Å². The van der Waals surface area contributed by atoms with Gasteiger partial charge in [-0.1, -0.05) is 6.07 Å². The summed E-state index contributed by atoms with van der Waals surface area (Å²) in [7, 11) is 1.81. The van der Waals surface area contributed by atoms with Crippen LogP contribution < -0.4 is 4.74 Å². The molecule has 0 saturated carbocycles. The van der Waals surface area contributed by atoms with Gasteiger partial charge in [-0.05, 0) is 25.5 Å². The number of rotatable bonds is 5. The van der Waals surface area contributed by atoms with Crippen LogP contribution in [0.1, 0.15) is 12.5 Å². The minimum Gasteiger partial charge on any atom is -0.465 e. The van der Waals surface area contributed by atoms with Crippen molar-refractivity contribution in [2.45, 2.75) is 13.8 Å². The van der Waals surface area contributed by atoms with Crippen LogP contribution in [0.5, 0.6) is 5.88 Å². The molecule has 0 radical (unpaired) electrons. The number of hydrogen-bond donors (Lipinski definition) is 0. The highest BCUT2D eigenvalue weighted by molar-refractivity contribution is 5.71. The fraction of sp³-hybridized carbons (Fsp3) is 0.357. The third kappa shape index (κ3) is 3.14. The number of carbonyl (C=O) groups is 1. The first kappa shape index (κ1) is 14.0. The van der Waals surface area contributed by atoms with Gasteiger partial charge < -0.3 is 9.47 Å². The SMILES string of the molecule is CCOC(=O)COc1cc(-c2ncccc2C)n(C)n1. The molecule has 0 atom stereocenters. The van der Waals surface area contributed by atoms with E-state index in [4.69, 9.17) is 9.47 Å². The smallest absolute Gasteiger partial charge is 0.344 e. The Morgan fingerprint density at radius 1 is 1.45 bits per heavy atom. The van der Waals surface area contributed by atoms with Gasteiger partial charge in [0.15, 0.2) is 6.61 Å². The molecule has 2 aromatic heterocycles. The third-order valence-corrected chi connectivity index (χ3v) is 2.75. The third-order valence-electron chi connectivity index (χ3n) is 2.75.